The molecule has 94 valence electrons. The van der Waals surface area contributed by atoms with Crippen molar-refractivity contribution in [3.63, 3.8) is 0 Å². The number of hydrogen-bond donors (Lipinski definition) is 1. The van der Waals surface area contributed by atoms with Gasteiger partial charge in [0, 0.05) is 5.92 Å². The maximum absolute atomic E-state index is 11.0. The number of carboxylic acid groups (broad SMARTS) is 1. The SMILES string of the molecule is CCOc1oc(C2CCCCC2)nc1C(=O)O. The van der Waals surface area contributed by atoms with Crippen molar-refractivity contribution in [1.29, 1.82) is 0 Å². The lowest BCUT2D eigenvalue weighted by Gasteiger charge is -2.17. The smallest absolute Gasteiger partial charge is 0.362 e. The van der Waals surface area contributed by atoms with Crippen LogP contribution in [0.3, 0.4) is 0 Å². The number of carbonyl (C=O) groups is 1. The molecule has 1 aliphatic rings. The Labute approximate surface area is 99.8 Å². The fourth-order valence-corrected chi connectivity index (χ4v) is 2.21. The van der Waals surface area contributed by atoms with Crippen LogP contribution in [0, 0.1) is 0 Å². The van der Waals surface area contributed by atoms with Gasteiger partial charge in [0.2, 0.25) is 11.6 Å². The standard InChI is InChI=1S/C12H17NO4/c1-2-16-12-9(11(14)15)13-10(17-12)8-6-4-3-5-7-8/h8H,2-7H2,1H3,(H,14,15). The predicted octanol–water partition coefficient (Wildman–Crippen LogP) is 2.82. The van der Waals surface area contributed by atoms with E-state index < -0.39 is 5.97 Å². The number of oxazole rings is 1. The highest BCUT2D eigenvalue weighted by atomic mass is 16.6. The van der Waals surface area contributed by atoms with Gasteiger partial charge in [-0.25, -0.2) is 9.78 Å². The van der Waals surface area contributed by atoms with E-state index in [1.165, 1.54) is 6.42 Å². The normalized spacial score (nSPS) is 17.0. The average molecular weight is 239 g/mol. The van der Waals surface area contributed by atoms with Crippen LogP contribution in [0.15, 0.2) is 4.42 Å². The number of ether oxygens (including phenoxy) is 1. The van der Waals surface area contributed by atoms with Crippen molar-refractivity contribution in [1.82, 2.24) is 4.98 Å². The van der Waals surface area contributed by atoms with Crippen LogP contribution in [-0.4, -0.2) is 22.7 Å². The molecule has 5 heteroatoms. The van der Waals surface area contributed by atoms with Crippen molar-refractivity contribution in [2.24, 2.45) is 0 Å². The molecule has 1 aromatic heterocycles. The maximum atomic E-state index is 11.0. The van der Waals surface area contributed by atoms with Crippen LogP contribution in [0.1, 0.15) is 61.3 Å². The van der Waals surface area contributed by atoms with Crippen LogP contribution in [-0.2, 0) is 0 Å². The van der Waals surface area contributed by atoms with Gasteiger partial charge in [-0.1, -0.05) is 19.3 Å². The molecule has 0 atom stereocenters. The van der Waals surface area contributed by atoms with Gasteiger partial charge in [0.15, 0.2) is 0 Å². The fourth-order valence-electron chi connectivity index (χ4n) is 2.21. The summed E-state index contributed by atoms with van der Waals surface area (Å²) in [5.41, 5.74) is -0.104. The van der Waals surface area contributed by atoms with E-state index in [-0.39, 0.29) is 17.6 Å². The Hall–Kier alpha value is -1.52. The first-order valence-electron chi connectivity index (χ1n) is 6.09. The summed E-state index contributed by atoms with van der Waals surface area (Å²) < 4.78 is 10.6. The first-order valence-corrected chi connectivity index (χ1v) is 6.09. The quantitative estimate of drug-likeness (QED) is 0.874. The molecular formula is C12H17NO4. The summed E-state index contributed by atoms with van der Waals surface area (Å²) >= 11 is 0. The fraction of sp³-hybridized carbons (Fsp3) is 0.667. The molecule has 0 unspecified atom stereocenters. The molecule has 1 aliphatic carbocycles. The summed E-state index contributed by atoms with van der Waals surface area (Å²) in [6.07, 6.45) is 5.58. The molecule has 1 aromatic rings. The van der Waals surface area contributed by atoms with Crippen molar-refractivity contribution >= 4 is 5.97 Å². The zero-order valence-electron chi connectivity index (χ0n) is 9.94. The summed E-state index contributed by atoms with van der Waals surface area (Å²) in [6.45, 7) is 2.16. The number of aromatic carboxylic acids is 1. The second-order valence-corrected chi connectivity index (χ2v) is 4.26. The van der Waals surface area contributed by atoms with Gasteiger partial charge in [-0.05, 0) is 19.8 Å². The van der Waals surface area contributed by atoms with Gasteiger partial charge in [0.1, 0.15) is 0 Å². The largest absolute Gasteiger partial charge is 0.476 e. The molecule has 0 aromatic carbocycles. The van der Waals surface area contributed by atoms with Gasteiger partial charge < -0.3 is 14.3 Å². The van der Waals surface area contributed by atoms with Crippen LogP contribution in [0.5, 0.6) is 5.95 Å². The number of nitrogens with zero attached hydrogens (tertiary/aromatic N) is 1. The lowest BCUT2D eigenvalue weighted by atomic mass is 9.89. The topological polar surface area (TPSA) is 72.6 Å². The van der Waals surface area contributed by atoms with E-state index in [4.69, 9.17) is 14.3 Å². The molecule has 5 nitrogen and oxygen atoms in total. The highest BCUT2D eigenvalue weighted by molar-refractivity contribution is 5.87. The molecule has 0 bridgehead atoms. The van der Waals surface area contributed by atoms with E-state index >= 15 is 0 Å². The summed E-state index contributed by atoms with van der Waals surface area (Å²) in [5.74, 6) is -0.290. The molecule has 1 fully saturated rings. The zero-order valence-corrected chi connectivity index (χ0v) is 9.94. The summed E-state index contributed by atoms with van der Waals surface area (Å²) in [5, 5.41) is 9.00. The molecule has 0 amide bonds. The van der Waals surface area contributed by atoms with Crippen molar-refractivity contribution in [3.05, 3.63) is 11.6 Å². The summed E-state index contributed by atoms with van der Waals surface area (Å²) in [6, 6.07) is 0. The zero-order chi connectivity index (χ0) is 12.3. The molecule has 0 saturated heterocycles. The number of rotatable bonds is 4. The highest BCUT2D eigenvalue weighted by Gasteiger charge is 2.26. The second-order valence-electron chi connectivity index (χ2n) is 4.26. The Morgan fingerprint density at radius 2 is 2.18 bits per heavy atom. The molecule has 0 spiro atoms. The van der Waals surface area contributed by atoms with Gasteiger partial charge in [-0.15, -0.1) is 0 Å². The third-order valence-electron chi connectivity index (χ3n) is 3.05. The summed E-state index contributed by atoms with van der Waals surface area (Å²) in [7, 11) is 0. The Morgan fingerprint density at radius 1 is 1.47 bits per heavy atom. The van der Waals surface area contributed by atoms with Crippen LogP contribution >= 0.6 is 0 Å². The Balaban J connectivity index is 2.22. The van der Waals surface area contributed by atoms with Gasteiger partial charge in [-0.2, -0.15) is 0 Å². The molecule has 1 heterocycles. The molecular weight excluding hydrogens is 222 g/mol. The van der Waals surface area contributed by atoms with Crippen molar-refractivity contribution in [2.45, 2.75) is 44.9 Å². The number of hydrogen-bond acceptors (Lipinski definition) is 4. The first-order chi connectivity index (χ1) is 8.22. The van der Waals surface area contributed by atoms with E-state index in [2.05, 4.69) is 4.98 Å². The van der Waals surface area contributed by atoms with E-state index in [9.17, 15) is 4.79 Å². The Kier molecular flexibility index (Phi) is 3.66. The van der Waals surface area contributed by atoms with E-state index in [0.717, 1.165) is 25.7 Å². The Morgan fingerprint density at radius 3 is 2.76 bits per heavy atom. The van der Waals surface area contributed by atoms with Crippen molar-refractivity contribution in [3.8, 4) is 5.95 Å². The summed E-state index contributed by atoms with van der Waals surface area (Å²) in [4.78, 5) is 15.1. The number of carboxylic acids is 1. The lowest BCUT2D eigenvalue weighted by molar-refractivity contribution is 0.0683. The van der Waals surface area contributed by atoms with Gasteiger partial charge in [-0.3, -0.25) is 0 Å². The molecule has 2 rings (SSSR count). The van der Waals surface area contributed by atoms with Gasteiger partial charge in [0.25, 0.3) is 0 Å². The highest BCUT2D eigenvalue weighted by Crippen LogP contribution is 2.34. The Bertz CT molecular complexity index is 393. The van der Waals surface area contributed by atoms with E-state index in [1.807, 2.05) is 0 Å². The van der Waals surface area contributed by atoms with Crippen molar-refractivity contribution < 1.29 is 19.1 Å². The van der Waals surface area contributed by atoms with E-state index in [1.54, 1.807) is 6.92 Å². The predicted molar refractivity (Wildman–Crippen MR) is 60.5 cm³/mol. The third-order valence-corrected chi connectivity index (χ3v) is 3.05. The van der Waals surface area contributed by atoms with Crippen LogP contribution in [0.25, 0.3) is 0 Å². The van der Waals surface area contributed by atoms with Gasteiger partial charge >= 0.3 is 11.9 Å². The lowest BCUT2D eigenvalue weighted by Crippen LogP contribution is -2.06. The molecule has 17 heavy (non-hydrogen) atoms. The van der Waals surface area contributed by atoms with Crippen LogP contribution in [0.4, 0.5) is 0 Å². The molecule has 1 saturated carbocycles. The van der Waals surface area contributed by atoms with Crippen molar-refractivity contribution in [2.75, 3.05) is 6.61 Å². The maximum Gasteiger partial charge on any atom is 0.362 e. The van der Waals surface area contributed by atoms with E-state index in [0.29, 0.717) is 12.5 Å². The minimum Gasteiger partial charge on any atom is -0.476 e. The third kappa shape index (κ3) is 2.60. The van der Waals surface area contributed by atoms with Gasteiger partial charge in [0.05, 0.1) is 6.61 Å². The minimum absolute atomic E-state index is 0.0422. The first kappa shape index (κ1) is 12.0. The van der Waals surface area contributed by atoms with Crippen LogP contribution in [0.2, 0.25) is 0 Å². The minimum atomic E-state index is -1.10. The average Bonchev–Trinajstić information content (AvgIpc) is 2.75. The molecule has 1 N–H and O–H groups in total. The molecule has 0 radical (unpaired) electrons. The molecule has 0 aliphatic heterocycles. The number of aromatic nitrogens is 1. The second kappa shape index (κ2) is 5.21. The van der Waals surface area contributed by atoms with Crippen LogP contribution < -0.4 is 4.74 Å². The monoisotopic (exact) mass is 239 g/mol.